The number of halogens is 2. The number of aliphatic hydroxyl groups is 2. The van der Waals surface area contributed by atoms with Gasteiger partial charge in [0, 0.05) is 19.5 Å². The highest BCUT2D eigenvalue weighted by Gasteiger charge is 2.44. The molecular weight excluding hydrogens is 380 g/mol. The molecule has 0 aromatic heterocycles. The highest BCUT2D eigenvalue weighted by molar-refractivity contribution is 5.95. The summed E-state index contributed by atoms with van der Waals surface area (Å²) >= 11 is 0. The number of nitrogens with zero attached hydrogens (tertiary/aromatic N) is 3. The van der Waals surface area contributed by atoms with Crippen molar-refractivity contribution >= 4 is 12.1 Å². The van der Waals surface area contributed by atoms with Gasteiger partial charge in [-0.2, -0.15) is 5.10 Å². The molecule has 0 spiro atoms. The molecular formula is C21H19F2N3O3. The Bertz CT molecular complexity index is 944. The van der Waals surface area contributed by atoms with Crippen LogP contribution in [0.5, 0.6) is 0 Å². The van der Waals surface area contributed by atoms with E-state index in [0.717, 1.165) is 17.3 Å². The Morgan fingerprint density at radius 1 is 1.03 bits per heavy atom. The van der Waals surface area contributed by atoms with Crippen LogP contribution in [0.15, 0.2) is 65.1 Å². The zero-order valence-corrected chi connectivity index (χ0v) is 15.5. The zero-order valence-electron chi connectivity index (χ0n) is 15.5. The average Bonchev–Trinajstić information content (AvgIpc) is 2.71. The summed E-state index contributed by atoms with van der Waals surface area (Å²) in [5, 5.41) is 25.8. The van der Waals surface area contributed by atoms with E-state index in [1.807, 2.05) is 0 Å². The van der Waals surface area contributed by atoms with Crippen molar-refractivity contribution in [3.05, 3.63) is 82.7 Å². The average molecular weight is 399 g/mol. The van der Waals surface area contributed by atoms with Crippen LogP contribution >= 0.6 is 0 Å². The molecule has 2 unspecified atom stereocenters. The monoisotopic (exact) mass is 399 g/mol. The van der Waals surface area contributed by atoms with E-state index in [0.29, 0.717) is 0 Å². The lowest BCUT2D eigenvalue weighted by atomic mass is 9.83. The van der Waals surface area contributed by atoms with E-state index in [9.17, 15) is 23.8 Å². The number of rotatable bonds is 3. The van der Waals surface area contributed by atoms with Crippen LogP contribution in [0.2, 0.25) is 0 Å². The highest BCUT2D eigenvalue weighted by Crippen LogP contribution is 2.37. The predicted molar refractivity (Wildman–Crippen MR) is 102 cm³/mol. The molecule has 2 aromatic carbocycles. The Morgan fingerprint density at radius 3 is 2.07 bits per heavy atom. The molecule has 1 amide bonds. The van der Waals surface area contributed by atoms with Crippen molar-refractivity contribution in [2.75, 3.05) is 13.6 Å². The molecule has 29 heavy (non-hydrogen) atoms. The van der Waals surface area contributed by atoms with Crippen LogP contribution in [0.3, 0.4) is 0 Å². The van der Waals surface area contributed by atoms with E-state index < -0.39 is 29.7 Å². The van der Waals surface area contributed by atoms with E-state index in [1.54, 1.807) is 31.3 Å². The lowest BCUT2D eigenvalue weighted by molar-refractivity contribution is -0.132. The van der Waals surface area contributed by atoms with Crippen LogP contribution in [0.4, 0.5) is 8.78 Å². The second-order valence-electron chi connectivity index (χ2n) is 7.12. The van der Waals surface area contributed by atoms with Crippen molar-refractivity contribution in [2.24, 2.45) is 5.10 Å². The van der Waals surface area contributed by atoms with Crippen LogP contribution in [-0.2, 0) is 4.79 Å². The molecule has 6 nitrogen and oxygen atoms in total. The van der Waals surface area contributed by atoms with Gasteiger partial charge in [-0.15, -0.1) is 0 Å². The second-order valence-corrected chi connectivity index (χ2v) is 7.12. The van der Waals surface area contributed by atoms with E-state index in [4.69, 9.17) is 0 Å². The molecule has 150 valence electrons. The number of aliphatic hydroxyl groups excluding tert-OH is 2. The summed E-state index contributed by atoms with van der Waals surface area (Å²) < 4.78 is 27.0. The molecule has 2 aliphatic heterocycles. The van der Waals surface area contributed by atoms with E-state index in [2.05, 4.69) is 5.10 Å². The Kier molecular flexibility index (Phi) is 4.79. The van der Waals surface area contributed by atoms with Crippen molar-refractivity contribution in [1.29, 1.82) is 0 Å². The largest absolute Gasteiger partial charge is 0.507 e. The van der Waals surface area contributed by atoms with Gasteiger partial charge in [0.2, 0.25) is 0 Å². The fourth-order valence-electron chi connectivity index (χ4n) is 3.82. The minimum Gasteiger partial charge on any atom is -0.507 e. The van der Waals surface area contributed by atoms with Gasteiger partial charge in [-0.25, -0.2) is 8.78 Å². The van der Waals surface area contributed by atoms with Gasteiger partial charge < -0.3 is 15.1 Å². The molecule has 2 atom stereocenters. The number of amides is 1. The number of carbonyl (C=O) groups excluding carboxylic acids is 1. The quantitative estimate of drug-likeness (QED) is 0.831. The SMILES string of the molecule is CN1CC(C(c2ccc(F)cc2)c2ccc(F)cc2)N2N=CC(O)C(O)=C2C1=O. The van der Waals surface area contributed by atoms with Crippen molar-refractivity contribution < 1.29 is 23.8 Å². The maximum atomic E-state index is 13.5. The molecule has 2 N–H and O–H groups in total. The number of benzene rings is 2. The molecule has 2 heterocycles. The van der Waals surface area contributed by atoms with Gasteiger partial charge in [-0.1, -0.05) is 24.3 Å². The molecule has 8 heteroatoms. The van der Waals surface area contributed by atoms with Gasteiger partial charge in [-0.3, -0.25) is 9.80 Å². The van der Waals surface area contributed by atoms with Crippen molar-refractivity contribution in [3.63, 3.8) is 0 Å². The first-order chi connectivity index (χ1) is 13.9. The number of fused-ring (bicyclic) bond motifs is 1. The minimum atomic E-state index is -1.37. The second kappa shape index (κ2) is 7.29. The van der Waals surface area contributed by atoms with E-state index in [1.165, 1.54) is 34.2 Å². The third-order valence-corrected chi connectivity index (χ3v) is 5.25. The Morgan fingerprint density at radius 2 is 1.55 bits per heavy atom. The topological polar surface area (TPSA) is 76.4 Å². The first kappa shape index (κ1) is 19.1. The summed E-state index contributed by atoms with van der Waals surface area (Å²) in [6.45, 7) is 0.252. The van der Waals surface area contributed by atoms with Gasteiger partial charge in [0.25, 0.3) is 5.91 Å². The smallest absolute Gasteiger partial charge is 0.275 e. The maximum absolute atomic E-state index is 13.5. The minimum absolute atomic E-state index is 0.104. The lowest BCUT2D eigenvalue weighted by Crippen LogP contribution is -2.55. The molecule has 0 aliphatic carbocycles. The normalized spacial score (nSPS) is 21.8. The highest BCUT2D eigenvalue weighted by atomic mass is 19.1. The summed E-state index contributed by atoms with van der Waals surface area (Å²) in [7, 11) is 1.59. The van der Waals surface area contributed by atoms with Gasteiger partial charge in [0.15, 0.2) is 11.5 Å². The number of likely N-dealkylation sites (N-methyl/N-ethyl adjacent to an activating group) is 1. The van der Waals surface area contributed by atoms with E-state index in [-0.39, 0.29) is 23.9 Å². The summed E-state index contributed by atoms with van der Waals surface area (Å²) in [4.78, 5) is 14.1. The summed E-state index contributed by atoms with van der Waals surface area (Å²) in [6.07, 6.45) is -0.218. The van der Waals surface area contributed by atoms with Gasteiger partial charge >= 0.3 is 0 Å². The van der Waals surface area contributed by atoms with Crippen LogP contribution in [0.25, 0.3) is 0 Å². The Balaban J connectivity index is 1.85. The molecule has 0 radical (unpaired) electrons. The van der Waals surface area contributed by atoms with Crippen LogP contribution < -0.4 is 0 Å². The first-order valence-electron chi connectivity index (χ1n) is 9.07. The molecule has 0 bridgehead atoms. The molecule has 2 aliphatic rings. The van der Waals surface area contributed by atoms with Crippen LogP contribution in [0, 0.1) is 11.6 Å². The molecule has 1 saturated heterocycles. The molecule has 2 aromatic rings. The number of carbonyl (C=O) groups is 1. The van der Waals surface area contributed by atoms with Gasteiger partial charge in [0.1, 0.15) is 17.7 Å². The lowest BCUT2D eigenvalue weighted by Gasteiger charge is -2.44. The number of piperazine rings is 1. The third-order valence-electron chi connectivity index (χ3n) is 5.25. The molecule has 0 saturated carbocycles. The van der Waals surface area contributed by atoms with Crippen LogP contribution in [0.1, 0.15) is 17.0 Å². The first-order valence-corrected chi connectivity index (χ1v) is 9.07. The predicted octanol–water partition coefficient (Wildman–Crippen LogP) is 2.37. The summed E-state index contributed by atoms with van der Waals surface area (Å²) in [6, 6.07) is 11.4. The van der Waals surface area contributed by atoms with Gasteiger partial charge in [0.05, 0.1) is 12.3 Å². The zero-order chi connectivity index (χ0) is 20.7. The number of hydrogen-bond acceptors (Lipinski definition) is 5. The fourth-order valence-corrected chi connectivity index (χ4v) is 3.82. The number of hydrogen-bond donors (Lipinski definition) is 2. The standard InChI is InChI=1S/C21H19F2N3O3/c1-25-11-16(26-19(21(25)29)20(28)17(27)10-24-26)18(12-2-6-14(22)7-3-12)13-4-8-15(23)9-5-13/h2-10,16-18,27-28H,11H2,1H3. The van der Waals surface area contributed by atoms with Crippen molar-refractivity contribution in [3.8, 4) is 0 Å². The molecule has 1 fully saturated rings. The van der Waals surface area contributed by atoms with Crippen LogP contribution in [-0.4, -0.2) is 58.0 Å². The number of hydrazone groups is 1. The summed E-state index contributed by atoms with van der Waals surface area (Å²) in [5.74, 6) is -2.13. The van der Waals surface area contributed by atoms with Gasteiger partial charge in [-0.05, 0) is 35.4 Å². The van der Waals surface area contributed by atoms with E-state index >= 15 is 0 Å². The Hall–Kier alpha value is -3.26. The maximum Gasteiger partial charge on any atom is 0.275 e. The fraction of sp³-hybridized carbons (Fsp3) is 0.238. The third kappa shape index (κ3) is 3.36. The Labute approximate surface area is 166 Å². The van der Waals surface area contributed by atoms with Crippen molar-refractivity contribution in [1.82, 2.24) is 9.91 Å². The van der Waals surface area contributed by atoms with Crippen molar-refractivity contribution in [2.45, 2.75) is 18.1 Å². The molecule has 4 rings (SSSR count). The summed E-state index contributed by atoms with van der Waals surface area (Å²) in [5.41, 5.74) is 1.38.